The molecular formula is C135H97N9. The van der Waals surface area contributed by atoms with Crippen LogP contribution < -0.4 is 29.4 Å². The minimum absolute atomic E-state index is 0.851. The van der Waals surface area contributed by atoms with Crippen molar-refractivity contribution in [2.45, 2.75) is 0 Å². The van der Waals surface area contributed by atoms with Crippen molar-refractivity contribution in [1.82, 2.24) is 15.0 Å². The average Bonchev–Trinajstić information content (AvgIpc) is 0.806. The number of nitrogens with zero attached hydrogens (tertiary/aromatic N) is 9. The van der Waals surface area contributed by atoms with Gasteiger partial charge in [0.05, 0.1) is 17.1 Å². The normalized spacial score (nSPS) is 11.1. The third-order valence-corrected chi connectivity index (χ3v) is 26.5. The van der Waals surface area contributed by atoms with Gasteiger partial charge in [-0.3, -0.25) is 15.0 Å². The first-order chi connectivity index (χ1) is 71.4. The van der Waals surface area contributed by atoms with E-state index < -0.39 is 0 Å². The molecule has 0 atom stereocenters. The van der Waals surface area contributed by atoms with Crippen LogP contribution in [-0.4, -0.2) is 15.0 Å². The molecular weight excluding hydrogens is 1750 g/mol. The van der Waals surface area contributed by atoms with Crippen LogP contribution in [0.1, 0.15) is 0 Å². The molecule has 0 amide bonds. The van der Waals surface area contributed by atoms with Crippen LogP contribution in [0.15, 0.2) is 589 Å². The molecule has 0 fully saturated rings. The molecule has 9 nitrogen and oxygen atoms in total. The van der Waals surface area contributed by atoms with Gasteiger partial charge in [-0.05, 0) is 345 Å². The number of pyridine rings is 3. The summed E-state index contributed by atoms with van der Waals surface area (Å²) in [5.74, 6) is 0. The highest BCUT2D eigenvalue weighted by molar-refractivity contribution is 5.91. The highest BCUT2D eigenvalue weighted by Crippen LogP contribution is 2.48. The molecule has 0 bridgehead atoms. The van der Waals surface area contributed by atoms with E-state index in [9.17, 15) is 0 Å². The van der Waals surface area contributed by atoms with E-state index in [0.29, 0.717) is 0 Å². The molecule has 0 aliphatic carbocycles. The summed E-state index contributed by atoms with van der Waals surface area (Å²) < 4.78 is 0. The molecule has 20 aromatic carbocycles. The van der Waals surface area contributed by atoms with Crippen molar-refractivity contribution in [3.63, 3.8) is 0 Å². The lowest BCUT2D eigenvalue weighted by atomic mass is 9.97. The van der Waals surface area contributed by atoms with E-state index >= 15 is 0 Å². The van der Waals surface area contributed by atoms with Gasteiger partial charge < -0.3 is 29.4 Å². The molecule has 144 heavy (non-hydrogen) atoms. The van der Waals surface area contributed by atoms with Gasteiger partial charge in [-0.25, -0.2) is 0 Å². The van der Waals surface area contributed by atoms with Crippen molar-refractivity contribution < 1.29 is 0 Å². The van der Waals surface area contributed by atoms with Crippen LogP contribution in [0.4, 0.5) is 102 Å². The van der Waals surface area contributed by atoms with Crippen molar-refractivity contribution in [3.05, 3.63) is 589 Å². The number of hydrogen-bond acceptors (Lipinski definition) is 9. The summed E-state index contributed by atoms with van der Waals surface area (Å²) in [6.45, 7) is 0. The van der Waals surface area contributed by atoms with Crippen molar-refractivity contribution in [3.8, 4) is 112 Å². The van der Waals surface area contributed by atoms with Gasteiger partial charge in [0.1, 0.15) is 0 Å². The van der Waals surface area contributed by atoms with Gasteiger partial charge in [0.25, 0.3) is 0 Å². The summed E-state index contributed by atoms with van der Waals surface area (Å²) in [7, 11) is 0. The third kappa shape index (κ3) is 19.3. The van der Waals surface area contributed by atoms with Crippen molar-refractivity contribution in [1.29, 1.82) is 0 Å². The predicted molar refractivity (Wildman–Crippen MR) is 602 cm³/mol. The monoisotopic (exact) mass is 1840 g/mol. The Morgan fingerprint density at radius 1 is 0.0903 bits per heavy atom. The summed E-state index contributed by atoms with van der Waals surface area (Å²) in [5.41, 5.74) is 39.8. The lowest BCUT2D eigenvalue weighted by Crippen LogP contribution is -2.10. The fourth-order valence-electron chi connectivity index (χ4n) is 19.5. The summed E-state index contributed by atoms with van der Waals surface area (Å²) >= 11 is 0. The summed E-state index contributed by atoms with van der Waals surface area (Å²) in [5, 5.41) is 0. The van der Waals surface area contributed by atoms with Gasteiger partial charge in [0.2, 0.25) is 0 Å². The second-order valence-electron chi connectivity index (χ2n) is 35.6. The maximum absolute atomic E-state index is 5.10. The number of anilines is 18. The maximum atomic E-state index is 5.10. The molecule has 0 aliphatic heterocycles. The molecule has 0 unspecified atom stereocenters. The molecule has 23 aromatic rings. The summed E-state index contributed by atoms with van der Waals surface area (Å²) in [6.07, 6.45) is 5.77. The molecule has 0 saturated heterocycles. The second-order valence-corrected chi connectivity index (χ2v) is 35.6. The van der Waals surface area contributed by atoms with E-state index in [0.717, 1.165) is 214 Å². The molecule has 3 heterocycles. The van der Waals surface area contributed by atoms with Gasteiger partial charge in [0.15, 0.2) is 0 Å². The topological polar surface area (TPSA) is 58.1 Å². The van der Waals surface area contributed by atoms with Crippen LogP contribution in [0.2, 0.25) is 0 Å². The zero-order valence-electron chi connectivity index (χ0n) is 79.0. The lowest BCUT2D eigenvalue weighted by Gasteiger charge is -2.27. The second kappa shape index (κ2) is 41.1. The minimum atomic E-state index is 0.851. The molecule has 0 N–H and O–H groups in total. The van der Waals surface area contributed by atoms with Crippen LogP contribution in [0.3, 0.4) is 0 Å². The number of aromatic nitrogens is 3. The van der Waals surface area contributed by atoms with Gasteiger partial charge in [-0.15, -0.1) is 0 Å². The quantitative estimate of drug-likeness (QED) is 0.0477. The molecule has 0 saturated carbocycles. The van der Waals surface area contributed by atoms with E-state index in [2.05, 4.69) is 600 Å². The smallest absolute Gasteiger partial charge is 0.0708 e. The molecule has 3 aromatic heterocycles. The van der Waals surface area contributed by atoms with Crippen LogP contribution in [0.25, 0.3) is 112 Å². The molecule has 0 spiro atoms. The zero-order chi connectivity index (χ0) is 96.1. The number of benzene rings is 20. The first-order valence-electron chi connectivity index (χ1n) is 48.7. The SMILES string of the molecule is c1ccc(N(c2ccccc2)c2cccc(-c3ccc(N(c4ccc(-c5cccc(N(c6ccccc6)c6ccccc6)c5)cc4)c4cccc(-c5ccnc(-c6cccc(-c7ccnc(-c8cccc(-c9ccnc(-c%10cccc(N(c%11ccc(-c%12cccc(N(c%13ccccc%13)c%13ccccc%13)c%12)cc%11)c%11ccc(-c%12cccc(N(c%13ccccc%13)c%13ccccc%13)c%12)cc%11)c%10)c9)c8)c7)c6)c5)c4)cc3)c2)cc1. The summed E-state index contributed by atoms with van der Waals surface area (Å²) in [4.78, 5) is 29.2. The Kier molecular flexibility index (Phi) is 25.3. The molecule has 9 heteroatoms. The Hall–Kier alpha value is -19.4. The third-order valence-electron chi connectivity index (χ3n) is 26.5. The van der Waals surface area contributed by atoms with E-state index in [1.54, 1.807) is 0 Å². The first kappa shape index (κ1) is 88.6. The van der Waals surface area contributed by atoms with E-state index in [1.165, 1.54) is 0 Å². The standard InChI is InChI=1S/C135H97N9/c1-9-43-115(44-10-1)139(116-45-11-2-12-46-116)127-59-27-35-104(89-127)98-65-73-123(74-66-98)143(124-75-67-99(68-76-124)105-36-28-60-128(90-105)140(117-47-13-3-14-48-117)118-49-15-4-16-50-118)131-63-31-39-108(93-131)111-83-86-137-134(97-111)113-41-25-33-102(87-113)109-81-84-136-133(95-109)112-40-26-34-103(88-112)110-82-85-138-135(96-110)114-42-32-64-132(94-114)144(125-77-69-100(70-78-125)106-37-29-61-129(91-106)141(119-51-17-5-18-52-119)120-53-19-6-20-54-120)126-79-71-101(72-80-126)107-38-30-62-130(92-107)142(121-55-21-7-22-56-121)122-57-23-8-24-58-122/h1-97H. The number of hydrogen-bond donors (Lipinski definition) is 0. The number of para-hydroxylation sites is 8. The maximum Gasteiger partial charge on any atom is 0.0708 e. The largest absolute Gasteiger partial charge is 0.310 e. The Bertz CT molecular complexity index is 7370. The first-order valence-corrected chi connectivity index (χ1v) is 48.7. The van der Waals surface area contributed by atoms with E-state index in [-0.39, 0.29) is 0 Å². The van der Waals surface area contributed by atoms with E-state index in [1.807, 2.05) is 18.6 Å². The molecule has 0 radical (unpaired) electrons. The lowest BCUT2D eigenvalue weighted by molar-refractivity contribution is 1.27. The van der Waals surface area contributed by atoms with Gasteiger partial charge in [0, 0.05) is 138 Å². The summed E-state index contributed by atoms with van der Waals surface area (Å²) in [6, 6.07) is 204. The average molecular weight is 1850 g/mol. The Labute approximate surface area is 841 Å². The fourth-order valence-corrected chi connectivity index (χ4v) is 19.5. The molecule has 682 valence electrons. The minimum Gasteiger partial charge on any atom is -0.310 e. The zero-order valence-corrected chi connectivity index (χ0v) is 79.0. The predicted octanol–water partition coefficient (Wildman–Crippen LogP) is 37.4. The highest BCUT2D eigenvalue weighted by atomic mass is 15.2. The van der Waals surface area contributed by atoms with Crippen molar-refractivity contribution in [2.75, 3.05) is 29.4 Å². The highest BCUT2D eigenvalue weighted by Gasteiger charge is 2.24. The van der Waals surface area contributed by atoms with Gasteiger partial charge in [-0.1, -0.05) is 303 Å². The number of rotatable bonds is 28. The van der Waals surface area contributed by atoms with Crippen molar-refractivity contribution in [2.24, 2.45) is 0 Å². The van der Waals surface area contributed by atoms with E-state index in [4.69, 9.17) is 15.0 Å². The van der Waals surface area contributed by atoms with Gasteiger partial charge in [-0.2, -0.15) is 0 Å². The van der Waals surface area contributed by atoms with Crippen LogP contribution >= 0.6 is 0 Å². The van der Waals surface area contributed by atoms with Crippen LogP contribution in [-0.2, 0) is 0 Å². The van der Waals surface area contributed by atoms with Gasteiger partial charge >= 0.3 is 0 Å². The van der Waals surface area contributed by atoms with Crippen LogP contribution in [0.5, 0.6) is 0 Å². The Morgan fingerprint density at radius 3 is 0.431 bits per heavy atom. The molecule has 0 aliphatic rings. The van der Waals surface area contributed by atoms with Crippen LogP contribution in [0, 0.1) is 0 Å². The van der Waals surface area contributed by atoms with Crippen molar-refractivity contribution >= 4 is 102 Å². The molecule has 23 rings (SSSR count). The fraction of sp³-hybridized carbons (Fsp3) is 0. The Balaban J connectivity index is 0.526. The Morgan fingerprint density at radius 2 is 0.229 bits per heavy atom.